The Morgan fingerprint density at radius 3 is 2.88 bits per heavy atom. The molecular weight excluding hydrogens is 322 g/mol. The third-order valence-corrected chi connectivity index (χ3v) is 6.03. The molecule has 3 rings (SSSR count). The maximum atomic E-state index is 12.8. The van der Waals surface area contributed by atoms with Crippen molar-refractivity contribution in [3.05, 3.63) is 39.3 Å². The molecule has 1 fully saturated rings. The molecule has 1 saturated heterocycles. The van der Waals surface area contributed by atoms with Gasteiger partial charge in [-0.15, -0.1) is 11.3 Å². The Morgan fingerprint density at radius 2 is 2.25 bits per heavy atom. The number of hydrogen-bond acceptors (Lipinski definition) is 4. The van der Waals surface area contributed by atoms with Crippen molar-refractivity contribution in [2.45, 2.75) is 52.2 Å². The first kappa shape index (κ1) is 17.2. The summed E-state index contributed by atoms with van der Waals surface area (Å²) < 4.78 is 1.88. The van der Waals surface area contributed by atoms with Crippen molar-refractivity contribution in [2.24, 2.45) is 0 Å². The molecule has 0 unspecified atom stereocenters. The molecule has 3 heterocycles. The molecule has 2 aromatic heterocycles. The Kier molecular flexibility index (Phi) is 5.06. The van der Waals surface area contributed by atoms with E-state index in [1.807, 2.05) is 11.6 Å². The molecule has 1 aliphatic heterocycles. The maximum Gasteiger partial charge on any atom is 0.257 e. The molecule has 0 aliphatic carbocycles. The summed E-state index contributed by atoms with van der Waals surface area (Å²) in [7, 11) is 0. The molecule has 2 atom stereocenters. The average molecular weight is 347 g/mol. The number of carbonyl (C=O) groups excluding carboxylic acids is 1. The Labute approximate surface area is 146 Å². The minimum atomic E-state index is -0.508. The van der Waals surface area contributed by atoms with Crippen LogP contribution in [-0.2, 0) is 6.54 Å². The molecule has 1 aliphatic rings. The van der Waals surface area contributed by atoms with Crippen molar-refractivity contribution in [1.82, 2.24) is 14.7 Å². The van der Waals surface area contributed by atoms with E-state index in [0.29, 0.717) is 18.7 Å². The highest BCUT2D eigenvalue weighted by Gasteiger charge is 2.33. The number of aromatic nitrogens is 2. The van der Waals surface area contributed by atoms with Crippen LogP contribution in [0, 0.1) is 13.8 Å². The molecule has 5 nitrogen and oxygen atoms in total. The second kappa shape index (κ2) is 7.07. The molecular formula is C18H25N3O2S. The number of β-amino-alcohol motifs (C(OH)–C–C–N with tert-alkyl or cyclic N) is 1. The summed E-state index contributed by atoms with van der Waals surface area (Å²) in [5.74, 6) is 0.119. The van der Waals surface area contributed by atoms with Crippen LogP contribution >= 0.6 is 11.3 Å². The van der Waals surface area contributed by atoms with Crippen molar-refractivity contribution in [3.8, 4) is 0 Å². The fourth-order valence-electron chi connectivity index (χ4n) is 3.45. The molecule has 0 saturated carbocycles. The van der Waals surface area contributed by atoms with Gasteiger partial charge in [-0.25, -0.2) is 0 Å². The van der Waals surface area contributed by atoms with Crippen molar-refractivity contribution >= 4 is 17.2 Å². The number of hydrogen-bond donors (Lipinski definition) is 1. The number of piperidine rings is 1. The van der Waals surface area contributed by atoms with Crippen LogP contribution in [0.15, 0.2) is 17.6 Å². The van der Waals surface area contributed by atoms with Gasteiger partial charge >= 0.3 is 0 Å². The highest BCUT2D eigenvalue weighted by molar-refractivity contribution is 7.10. The second-order valence-corrected chi connectivity index (χ2v) is 7.50. The van der Waals surface area contributed by atoms with Gasteiger partial charge in [-0.05, 0) is 43.7 Å². The Morgan fingerprint density at radius 1 is 1.46 bits per heavy atom. The predicted molar refractivity (Wildman–Crippen MR) is 95.6 cm³/mol. The van der Waals surface area contributed by atoms with Gasteiger partial charge < -0.3 is 10.0 Å². The lowest BCUT2D eigenvalue weighted by Crippen LogP contribution is -2.45. The summed E-state index contributed by atoms with van der Waals surface area (Å²) in [4.78, 5) is 15.8. The summed E-state index contributed by atoms with van der Waals surface area (Å²) >= 11 is 1.70. The van der Waals surface area contributed by atoms with Gasteiger partial charge in [0.1, 0.15) is 0 Å². The minimum Gasteiger partial charge on any atom is -0.391 e. The molecule has 0 radical (unpaired) electrons. The summed E-state index contributed by atoms with van der Waals surface area (Å²) in [5, 5.41) is 17.0. The third kappa shape index (κ3) is 3.13. The second-order valence-electron chi connectivity index (χ2n) is 6.55. The van der Waals surface area contributed by atoms with E-state index < -0.39 is 6.10 Å². The van der Waals surface area contributed by atoms with Gasteiger partial charge in [0.15, 0.2) is 0 Å². The van der Waals surface area contributed by atoms with Crippen LogP contribution in [-0.4, -0.2) is 44.9 Å². The van der Waals surface area contributed by atoms with Crippen LogP contribution in [0.3, 0.4) is 0 Å². The molecule has 1 N–H and O–H groups in total. The lowest BCUT2D eigenvalue weighted by molar-refractivity contribution is 0.0386. The average Bonchev–Trinajstić information content (AvgIpc) is 3.14. The van der Waals surface area contributed by atoms with Gasteiger partial charge in [0.25, 0.3) is 5.91 Å². The number of aliphatic hydroxyl groups excluding tert-OH is 1. The normalized spacial score (nSPS) is 21.2. The number of amides is 1. The van der Waals surface area contributed by atoms with Gasteiger partial charge in [0, 0.05) is 36.1 Å². The molecule has 2 aromatic rings. The smallest absolute Gasteiger partial charge is 0.257 e. The summed E-state index contributed by atoms with van der Waals surface area (Å²) in [6.45, 7) is 8.00. The largest absolute Gasteiger partial charge is 0.391 e. The summed E-state index contributed by atoms with van der Waals surface area (Å²) in [6.07, 6.45) is 2.94. The first-order valence-electron chi connectivity index (χ1n) is 8.56. The van der Waals surface area contributed by atoms with Crippen LogP contribution in [0.1, 0.15) is 52.2 Å². The van der Waals surface area contributed by atoms with E-state index in [1.165, 1.54) is 10.4 Å². The number of rotatable bonds is 4. The topological polar surface area (TPSA) is 58.4 Å². The first-order chi connectivity index (χ1) is 11.5. The van der Waals surface area contributed by atoms with Crippen molar-refractivity contribution in [1.29, 1.82) is 0 Å². The van der Waals surface area contributed by atoms with Gasteiger partial charge in [0.05, 0.1) is 17.9 Å². The molecule has 0 spiro atoms. The Balaban J connectivity index is 1.71. The number of thiophene rings is 1. The predicted octanol–water partition coefficient (Wildman–Crippen LogP) is 2.96. The van der Waals surface area contributed by atoms with Crippen molar-refractivity contribution in [3.63, 3.8) is 0 Å². The zero-order valence-electron chi connectivity index (χ0n) is 14.5. The van der Waals surface area contributed by atoms with Gasteiger partial charge in [0.2, 0.25) is 0 Å². The molecule has 0 aromatic carbocycles. The van der Waals surface area contributed by atoms with E-state index in [-0.39, 0.29) is 11.8 Å². The first-order valence-corrected chi connectivity index (χ1v) is 9.44. The number of nitrogens with zero attached hydrogens (tertiary/aromatic N) is 3. The lowest BCUT2D eigenvalue weighted by Gasteiger charge is -2.36. The van der Waals surface area contributed by atoms with Crippen molar-refractivity contribution < 1.29 is 9.90 Å². The van der Waals surface area contributed by atoms with E-state index in [1.54, 1.807) is 22.4 Å². The van der Waals surface area contributed by atoms with E-state index in [0.717, 1.165) is 25.1 Å². The molecule has 1 amide bonds. The third-order valence-electron chi connectivity index (χ3n) is 4.88. The van der Waals surface area contributed by atoms with Crippen LogP contribution in [0.2, 0.25) is 0 Å². The summed E-state index contributed by atoms with van der Waals surface area (Å²) in [6, 6.07) is 2.09. The Hall–Kier alpha value is -1.66. The standard InChI is InChI=1S/C18H25N3O2S/c1-4-7-21-13(3)15(10-19-21)18(23)20-8-5-14(16(22)11-20)17-12(2)6-9-24-17/h6,9-10,14,16,22H,4-5,7-8,11H2,1-3H3/t14-,16-/m0/s1. The highest BCUT2D eigenvalue weighted by atomic mass is 32.1. The van der Waals surface area contributed by atoms with E-state index in [9.17, 15) is 9.90 Å². The number of carbonyl (C=O) groups is 1. The Bertz CT molecular complexity index is 722. The monoisotopic (exact) mass is 347 g/mol. The maximum absolute atomic E-state index is 12.8. The van der Waals surface area contributed by atoms with Crippen LogP contribution in [0.25, 0.3) is 0 Å². The lowest BCUT2D eigenvalue weighted by atomic mass is 9.90. The zero-order valence-corrected chi connectivity index (χ0v) is 15.3. The van der Waals surface area contributed by atoms with Crippen LogP contribution in [0.4, 0.5) is 0 Å². The highest BCUT2D eigenvalue weighted by Crippen LogP contribution is 2.34. The van der Waals surface area contributed by atoms with Gasteiger partial charge in [-0.2, -0.15) is 5.10 Å². The minimum absolute atomic E-state index is 0.0183. The summed E-state index contributed by atoms with van der Waals surface area (Å²) in [5.41, 5.74) is 2.80. The number of aryl methyl sites for hydroxylation is 2. The molecule has 6 heteroatoms. The number of aliphatic hydroxyl groups is 1. The number of likely N-dealkylation sites (tertiary alicyclic amines) is 1. The van der Waals surface area contributed by atoms with Crippen LogP contribution in [0.5, 0.6) is 0 Å². The molecule has 24 heavy (non-hydrogen) atoms. The molecule has 0 bridgehead atoms. The van der Waals surface area contributed by atoms with Crippen LogP contribution < -0.4 is 0 Å². The van der Waals surface area contributed by atoms with Crippen molar-refractivity contribution in [2.75, 3.05) is 13.1 Å². The fraction of sp³-hybridized carbons (Fsp3) is 0.556. The fourth-order valence-corrected chi connectivity index (χ4v) is 4.57. The quantitative estimate of drug-likeness (QED) is 0.925. The zero-order chi connectivity index (χ0) is 17.3. The van der Waals surface area contributed by atoms with E-state index >= 15 is 0 Å². The SMILES string of the molecule is CCCn1ncc(C(=O)N2CC[C@H](c3sccc3C)[C@@H](O)C2)c1C. The van der Waals surface area contributed by atoms with E-state index in [4.69, 9.17) is 0 Å². The van der Waals surface area contributed by atoms with E-state index in [2.05, 4.69) is 30.4 Å². The van der Waals surface area contributed by atoms with Gasteiger partial charge in [-0.1, -0.05) is 6.92 Å². The van der Waals surface area contributed by atoms with Gasteiger partial charge in [-0.3, -0.25) is 9.48 Å². The molecule has 130 valence electrons.